The smallest absolute Gasteiger partial charge is 0.462 e. The van der Waals surface area contributed by atoms with Crippen LogP contribution in [0.5, 0.6) is 0 Å². The van der Waals surface area contributed by atoms with Crippen molar-refractivity contribution in [2.45, 2.75) is 400 Å². The summed E-state index contributed by atoms with van der Waals surface area (Å²) >= 11 is 0. The van der Waals surface area contributed by atoms with Crippen molar-refractivity contribution in [2.75, 3.05) is 39.6 Å². The monoisotopic (exact) mass is 1370 g/mol. The summed E-state index contributed by atoms with van der Waals surface area (Å²) < 4.78 is 68.3. The summed E-state index contributed by atoms with van der Waals surface area (Å²) in [6, 6.07) is 0. The first-order chi connectivity index (χ1) is 44.9. The first kappa shape index (κ1) is 91.1. The van der Waals surface area contributed by atoms with Crippen molar-refractivity contribution >= 4 is 39.5 Å². The maximum absolute atomic E-state index is 13.0. The highest BCUT2D eigenvalue weighted by Crippen LogP contribution is 2.45. The summed E-state index contributed by atoms with van der Waals surface area (Å²) in [4.78, 5) is 72.6. The fourth-order valence-electron chi connectivity index (χ4n) is 11.3. The number of carbonyl (C=O) groups is 4. The zero-order valence-electron chi connectivity index (χ0n) is 60.6. The summed E-state index contributed by atoms with van der Waals surface area (Å²) in [6.07, 6.45) is 53.1. The third-order valence-electron chi connectivity index (χ3n) is 17.2. The second-order valence-electron chi connectivity index (χ2n) is 27.6. The van der Waals surface area contributed by atoms with E-state index >= 15 is 0 Å². The van der Waals surface area contributed by atoms with Crippen molar-refractivity contribution in [3.05, 3.63) is 0 Å². The highest BCUT2D eigenvalue weighted by molar-refractivity contribution is 7.47. The van der Waals surface area contributed by atoms with E-state index in [-0.39, 0.29) is 25.7 Å². The molecule has 0 bridgehead atoms. The number of unbranched alkanes of at least 4 members (excludes halogenated alkanes) is 43. The molecule has 0 fully saturated rings. The molecule has 0 aliphatic rings. The minimum Gasteiger partial charge on any atom is -0.462 e. The van der Waals surface area contributed by atoms with E-state index in [4.69, 9.17) is 37.0 Å². The Morgan fingerprint density at radius 3 is 0.731 bits per heavy atom. The van der Waals surface area contributed by atoms with Crippen LogP contribution in [0.2, 0.25) is 0 Å². The molecule has 0 rings (SSSR count). The molecule has 5 atom stereocenters. The molecule has 0 aliphatic carbocycles. The van der Waals surface area contributed by atoms with Gasteiger partial charge in [-0.3, -0.25) is 37.3 Å². The Hall–Kier alpha value is -1.94. The maximum Gasteiger partial charge on any atom is 0.472 e. The SMILES string of the molecule is CCCCCCCCCCCCCCCCCCCCCCCCC(=O)O[C@H](COC(=O)CCCCCCCCCCCCC)COP(=O)(O)OC[C@@H](O)COP(=O)(O)OC[C@@H](COC(=O)CCCCCCCCCC(C)C)OC(=O)CCCCCCCCCC(C)C. The highest BCUT2D eigenvalue weighted by Gasteiger charge is 2.30. The van der Waals surface area contributed by atoms with Gasteiger partial charge in [0.2, 0.25) is 0 Å². The number of phosphoric acid groups is 2. The highest BCUT2D eigenvalue weighted by atomic mass is 31.2. The number of hydrogen-bond donors (Lipinski definition) is 3. The first-order valence-corrected chi connectivity index (χ1v) is 41.5. The second-order valence-corrected chi connectivity index (χ2v) is 30.5. The van der Waals surface area contributed by atoms with Gasteiger partial charge in [0.25, 0.3) is 0 Å². The fraction of sp³-hybridized carbons (Fsp3) is 0.946. The van der Waals surface area contributed by atoms with Crippen LogP contribution in [0.4, 0.5) is 0 Å². The molecule has 93 heavy (non-hydrogen) atoms. The number of esters is 4. The van der Waals surface area contributed by atoms with Gasteiger partial charge in [-0.25, -0.2) is 9.13 Å². The largest absolute Gasteiger partial charge is 0.472 e. The van der Waals surface area contributed by atoms with Crippen molar-refractivity contribution in [3.63, 3.8) is 0 Å². The maximum atomic E-state index is 13.0. The van der Waals surface area contributed by atoms with E-state index in [0.29, 0.717) is 37.5 Å². The minimum atomic E-state index is -4.95. The molecule has 0 aromatic rings. The quantitative estimate of drug-likeness (QED) is 0.0222. The third kappa shape index (κ3) is 68.4. The van der Waals surface area contributed by atoms with E-state index in [2.05, 4.69) is 41.5 Å². The zero-order valence-corrected chi connectivity index (χ0v) is 62.3. The van der Waals surface area contributed by atoms with Crippen molar-refractivity contribution in [1.82, 2.24) is 0 Å². The number of aliphatic hydroxyl groups excluding tert-OH is 1. The lowest BCUT2D eigenvalue weighted by Crippen LogP contribution is -2.30. The Morgan fingerprint density at radius 1 is 0.290 bits per heavy atom. The Balaban J connectivity index is 5.14. The number of aliphatic hydroxyl groups is 1. The molecular weight excluding hydrogens is 1220 g/mol. The van der Waals surface area contributed by atoms with E-state index in [1.807, 2.05) is 0 Å². The summed E-state index contributed by atoms with van der Waals surface area (Å²) in [5.74, 6) is -0.723. The molecule has 0 aromatic heterocycles. The van der Waals surface area contributed by atoms with Gasteiger partial charge in [-0.2, -0.15) is 0 Å². The van der Waals surface area contributed by atoms with E-state index in [0.717, 1.165) is 96.3 Å². The van der Waals surface area contributed by atoms with Gasteiger partial charge in [0.15, 0.2) is 12.2 Å². The van der Waals surface area contributed by atoms with Gasteiger partial charge in [-0.1, -0.05) is 330 Å². The average Bonchev–Trinajstić information content (AvgIpc) is 1.68. The van der Waals surface area contributed by atoms with Gasteiger partial charge in [0, 0.05) is 25.7 Å². The molecule has 0 radical (unpaired) electrons. The van der Waals surface area contributed by atoms with Crippen LogP contribution in [0.1, 0.15) is 382 Å². The van der Waals surface area contributed by atoms with Crippen molar-refractivity contribution in [3.8, 4) is 0 Å². The summed E-state index contributed by atoms with van der Waals surface area (Å²) in [7, 11) is -9.90. The Bertz CT molecular complexity index is 1800. The number of rotatable bonds is 73. The topological polar surface area (TPSA) is 237 Å². The second kappa shape index (κ2) is 66.0. The van der Waals surface area contributed by atoms with Crippen LogP contribution in [0, 0.1) is 11.8 Å². The summed E-state index contributed by atoms with van der Waals surface area (Å²) in [5, 5.41) is 10.6. The van der Waals surface area contributed by atoms with Gasteiger partial charge >= 0.3 is 39.5 Å². The molecule has 0 heterocycles. The van der Waals surface area contributed by atoms with Crippen LogP contribution in [-0.4, -0.2) is 96.7 Å². The Labute approximate surface area is 568 Å². The molecule has 0 amide bonds. The van der Waals surface area contributed by atoms with Crippen LogP contribution in [-0.2, 0) is 65.4 Å². The number of hydrogen-bond acceptors (Lipinski definition) is 15. The molecule has 19 heteroatoms. The standard InChI is InChI=1S/C74H144O17P2/c1-7-9-11-13-15-17-19-20-21-22-23-24-25-26-27-28-29-31-33-39-46-52-58-73(78)90-69(62-84-71(76)56-50-44-38-32-30-18-16-14-12-10-8-2)64-88-92(80,81)86-60-68(75)61-87-93(82,83)89-65-70(91-74(79)59-53-47-41-35-37-43-49-55-67(5)6)63-85-72(77)57-51-45-40-34-36-42-48-54-66(3)4/h66-70,75H,7-65H2,1-6H3,(H,80,81)(H,82,83)/t68-,69-,70-/m1/s1. The van der Waals surface area contributed by atoms with Gasteiger partial charge in [0.1, 0.15) is 19.3 Å². The molecule has 0 aromatic carbocycles. The summed E-state index contributed by atoms with van der Waals surface area (Å²) in [6.45, 7) is 9.44. The average molecular weight is 1370 g/mol. The molecule has 0 saturated carbocycles. The van der Waals surface area contributed by atoms with E-state index in [1.54, 1.807) is 0 Å². The van der Waals surface area contributed by atoms with Crippen molar-refractivity contribution in [1.29, 1.82) is 0 Å². The lowest BCUT2D eigenvalue weighted by atomic mass is 10.0. The van der Waals surface area contributed by atoms with E-state index in [1.165, 1.54) is 193 Å². The van der Waals surface area contributed by atoms with Gasteiger partial charge in [-0.15, -0.1) is 0 Å². The molecule has 3 N–H and O–H groups in total. The van der Waals surface area contributed by atoms with Gasteiger partial charge < -0.3 is 33.8 Å². The number of ether oxygens (including phenoxy) is 4. The molecule has 0 spiro atoms. The fourth-order valence-corrected chi connectivity index (χ4v) is 12.9. The summed E-state index contributed by atoms with van der Waals surface area (Å²) in [5.41, 5.74) is 0. The van der Waals surface area contributed by atoms with Crippen LogP contribution in [0.3, 0.4) is 0 Å². The molecule has 17 nitrogen and oxygen atoms in total. The lowest BCUT2D eigenvalue weighted by Gasteiger charge is -2.21. The van der Waals surface area contributed by atoms with Crippen molar-refractivity contribution in [2.24, 2.45) is 11.8 Å². The molecule has 552 valence electrons. The minimum absolute atomic E-state index is 0.103. The number of phosphoric ester groups is 2. The predicted octanol–water partition coefficient (Wildman–Crippen LogP) is 21.6. The molecule has 2 unspecified atom stereocenters. The van der Waals surface area contributed by atoms with Crippen LogP contribution < -0.4 is 0 Å². The van der Waals surface area contributed by atoms with Gasteiger partial charge in [0.05, 0.1) is 26.4 Å². The van der Waals surface area contributed by atoms with Crippen LogP contribution in [0.15, 0.2) is 0 Å². The normalized spacial score (nSPS) is 14.1. The van der Waals surface area contributed by atoms with E-state index < -0.39 is 97.5 Å². The number of carbonyl (C=O) groups excluding carboxylic acids is 4. The molecule has 0 aliphatic heterocycles. The predicted molar refractivity (Wildman–Crippen MR) is 377 cm³/mol. The molecular formula is C74H144O17P2. The zero-order chi connectivity index (χ0) is 68.6. The first-order valence-electron chi connectivity index (χ1n) is 38.5. The lowest BCUT2D eigenvalue weighted by molar-refractivity contribution is -0.161. The van der Waals surface area contributed by atoms with E-state index in [9.17, 15) is 43.2 Å². The van der Waals surface area contributed by atoms with Crippen molar-refractivity contribution < 1.29 is 80.2 Å². The molecule has 0 saturated heterocycles. The van der Waals surface area contributed by atoms with Crippen LogP contribution >= 0.6 is 15.6 Å². The van der Waals surface area contributed by atoms with Crippen LogP contribution in [0.25, 0.3) is 0 Å². The third-order valence-corrected chi connectivity index (χ3v) is 19.1. The Morgan fingerprint density at radius 2 is 0.495 bits per heavy atom. The van der Waals surface area contributed by atoms with Gasteiger partial charge in [-0.05, 0) is 37.5 Å². The Kier molecular flexibility index (Phi) is 64.6.